The summed E-state index contributed by atoms with van der Waals surface area (Å²) in [5.74, 6) is 0.209. The van der Waals surface area contributed by atoms with Crippen LogP contribution < -0.4 is 11.5 Å². The minimum absolute atomic E-state index is 0.188. The fraction of sp³-hybridized carbons (Fsp3) is 0.300. The Morgan fingerprint density at radius 1 is 1.20 bits per heavy atom. The van der Waals surface area contributed by atoms with Crippen LogP contribution in [0, 0.1) is 6.92 Å². The Hall–Kier alpha value is -2.85. The van der Waals surface area contributed by atoms with Crippen molar-refractivity contribution >= 4 is 44.0 Å². The summed E-state index contributed by atoms with van der Waals surface area (Å²) in [6, 6.07) is 3.98. The van der Waals surface area contributed by atoms with Crippen LogP contribution in [0.25, 0.3) is 32.7 Å². The van der Waals surface area contributed by atoms with E-state index in [4.69, 9.17) is 16.5 Å². The summed E-state index contributed by atoms with van der Waals surface area (Å²) in [5, 5.41) is 5.50. The lowest BCUT2D eigenvalue weighted by atomic mass is 10.0. The van der Waals surface area contributed by atoms with Crippen LogP contribution in [0.5, 0.6) is 0 Å². The molecule has 1 fully saturated rings. The number of nitrogen functional groups attached to an aromatic ring is 2. The number of nitrogens with zero attached hydrogens (tertiary/aromatic N) is 5. The maximum Gasteiger partial charge on any atom is 0.219 e. The molecule has 0 radical (unpaired) electrons. The van der Waals surface area contributed by atoms with E-state index in [9.17, 15) is 4.21 Å². The zero-order valence-corrected chi connectivity index (χ0v) is 18.3. The van der Waals surface area contributed by atoms with Crippen molar-refractivity contribution in [3.63, 3.8) is 0 Å². The van der Waals surface area contributed by atoms with E-state index in [1.165, 1.54) is 11.3 Å². The van der Waals surface area contributed by atoms with Crippen LogP contribution in [-0.2, 0) is 17.8 Å². The first kappa shape index (κ1) is 19.1. The van der Waals surface area contributed by atoms with Crippen molar-refractivity contribution in [3.05, 3.63) is 30.2 Å². The second-order valence-corrected chi connectivity index (χ2v) is 10.4. The molecule has 10 heteroatoms. The molecule has 1 atom stereocenters. The van der Waals surface area contributed by atoms with E-state index in [0.717, 1.165) is 52.0 Å². The quantitative estimate of drug-likeness (QED) is 0.500. The minimum Gasteiger partial charge on any atom is -0.396 e. The molecule has 5 rings (SSSR count). The Balaban J connectivity index is 1.77. The van der Waals surface area contributed by atoms with Gasteiger partial charge in [-0.15, -0.1) is 11.3 Å². The van der Waals surface area contributed by atoms with Crippen LogP contribution in [0.15, 0.2) is 28.7 Å². The Morgan fingerprint density at radius 2 is 1.93 bits per heavy atom. The first-order valence-corrected chi connectivity index (χ1v) is 11.7. The van der Waals surface area contributed by atoms with Crippen LogP contribution in [0.2, 0.25) is 0 Å². The highest BCUT2D eigenvalue weighted by molar-refractivity contribution is 7.88. The van der Waals surface area contributed by atoms with Crippen LogP contribution >= 0.6 is 11.3 Å². The van der Waals surface area contributed by atoms with Crippen LogP contribution in [0.4, 0.5) is 11.6 Å². The Bertz CT molecular complexity index is 1290. The summed E-state index contributed by atoms with van der Waals surface area (Å²) >= 11 is 1.41. The van der Waals surface area contributed by atoms with Crippen molar-refractivity contribution in [3.8, 4) is 22.5 Å². The highest BCUT2D eigenvalue weighted by Gasteiger charge is 2.30. The van der Waals surface area contributed by atoms with Gasteiger partial charge in [0.2, 0.25) is 5.95 Å². The van der Waals surface area contributed by atoms with Crippen molar-refractivity contribution < 1.29 is 4.21 Å². The topological polar surface area (TPSA) is 126 Å². The van der Waals surface area contributed by atoms with Gasteiger partial charge in [0.25, 0.3) is 0 Å². The van der Waals surface area contributed by atoms with Crippen molar-refractivity contribution in [1.29, 1.82) is 0 Å². The number of rotatable bonds is 4. The van der Waals surface area contributed by atoms with E-state index in [0.29, 0.717) is 15.6 Å². The predicted octanol–water partition coefficient (Wildman–Crippen LogP) is 3.29. The van der Waals surface area contributed by atoms with Gasteiger partial charge in [-0.1, -0.05) is 6.42 Å². The number of thiophene rings is 1. The molecule has 30 heavy (non-hydrogen) atoms. The number of aromatic nitrogens is 5. The van der Waals surface area contributed by atoms with Gasteiger partial charge >= 0.3 is 0 Å². The summed E-state index contributed by atoms with van der Waals surface area (Å²) in [6.07, 6.45) is 6.39. The maximum absolute atomic E-state index is 13.1. The highest BCUT2D eigenvalue weighted by atomic mass is 32.2. The van der Waals surface area contributed by atoms with Crippen molar-refractivity contribution in [2.75, 3.05) is 11.5 Å². The van der Waals surface area contributed by atoms with Gasteiger partial charge in [-0.25, -0.2) is 15.0 Å². The molecule has 4 N–H and O–H groups in total. The van der Waals surface area contributed by atoms with Gasteiger partial charge in [-0.2, -0.15) is 5.10 Å². The predicted molar refractivity (Wildman–Crippen MR) is 120 cm³/mol. The van der Waals surface area contributed by atoms with E-state index in [2.05, 4.69) is 15.1 Å². The molecule has 4 heterocycles. The molecule has 0 aromatic carbocycles. The number of aryl methyl sites for hydroxylation is 2. The number of pyridine rings is 1. The number of fused-ring (bicyclic) bond motifs is 1. The lowest BCUT2D eigenvalue weighted by Gasteiger charge is -2.23. The highest BCUT2D eigenvalue weighted by Crippen LogP contribution is 2.44. The molecule has 1 aliphatic carbocycles. The molecule has 4 aromatic rings. The van der Waals surface area contributed by atoms with Gasteiger partial charge < -0.3 is 11.5 Å². The van der Waals surface area contributed by atoms with E-state index >= 15 is 0 Å². The Labute approximate surface area is 179 Å². The average Bonchev–Trinajstić information content (AvgIpc) is 3.19. The molecule has 1 unspecified atom stereocenters. The maximum atomic E-state index is 13.1. The summed E-state index contributed by atoms with van der Waals surface area (Å²) < 4.78 is 15.6. The summed E-state index contributed by atoms with van der Waals surface area (Å²) in [5.41, 5.74) is 16.9. The van der Waals surface area contributed by atoms with E-state index in [-0.39, 0.29) is 11.2 Å². The molecule has 0 bridgehead atoms. The van der Waals surface area contributed by atoms with Crippen molar-refractivity contribution in [1.82, 2.24) is 24.7 Å². The largest absolute Gasteiger partial charge is 0.396 e. The van der Waals surface area contributed by atoms with Gasteiger partial charge in [0.15, 0.2) is 0 Å². The standard InChI is InChI=1S/C20H21N7OS2/c1-10-6-15(27(2)26-10)13-7-14(11-8-23-20(22)24-9-11)25-18-16(13)17(21)19(29-18)30(28)12-4-3-5-12/h6-9,12H,3-5,21H2,1-2H3,(H2,22,23,24). The smallest absolute Gasteiger partial charge is 0.219 e. The molecule has 8 nitrogen and oxygen atoms in total. The monoisotopic (exact) mass is 439 g/mol. The Morgan fingerprint density at radius 3 is 2.53 bits per heavy atom. The molecular formula is C20H21N7OS2. The lowest BCUT2D eigenvalue weighted by molar-refractivity contribution is 0.505. The third-order valence-corrected chi connectivity index (χ3v) is 8.75. The van der Waals surface area contributed by atoms with Gasteiger partial charge in [0.1, 0.15) is 9.04 Å². The number of anilines is 2. The van der Waals surface area contributed by atoms with Crippen LogP contribution in [0.1, 0.15) is 25.0 Å². The van der Waals surface area contributed by atoms with Crippen LogP contribution in [-0.4, -0.2) is 34.2 Å². The molecule has 1 aliphatic rings. The molecule has 1 saturated carbocycles. The Kier molecular flexibility index (Phi) is 4.55. The van der Waals surface area contributed by atoms with Crippen LogP contribution in [0.3, 0.4) is 0 Å². The fourth-order valence-corrected chi connectivity index (χ4v) is 6.88. The lowest BCUT2D eigenvalue weighted by Crippen LogP contribution is -2.23. The number of hydrogen-bond donors (Lipinski definition) is 2. The second-order valence-electron chi connectivity index (χ2n) is 7.51. The summed E-state index contributed by atoms with van der Waals surface area (Å²) in [4.78, 5) is 13.8. The van der Waals surface area contributed by atoms with E-state index in [1.807, 2.05) is 30.8 Å². The van der Waals surface area contributed by atoms with Gasteiger partial charge in [0.05, 0.1) is 33.6 Å². The normalized spacial score (nSPS) is 15.4. The van der Waals surface area contributed by atoms with Gasteiger partial charge in [0, 0.05) is 41.2 Å². The molecule has 0 spiro atoms. The molecule has 0 saturated heterocycles. The number of hydrogen-bond acceptors (Lipinski definition) is 8. The van der Waals surface area contributed by atoms with E-state index < -0.39 is 10.8 Å². The minimum atomic E-state index is -1.11. The average molecular weight is 440 g/mol. The molecule has 4 aromatic heterocycles. The zero-order chi connectivity index (χ0) is 21.0. The fourth-order valence-electron chi connectivity index (χ4n) is 3.67. The van der Waals surface area contributed by atoms with Gasteiger partial charge in [-0.05, 0) is 31.9 Å². The molecule has 154 valence electrons. The molecular weight excluding hydrogens is 418 g/mol. The molecule has 0 amide bonds. The third kappa shape index (κ3) is 3.07. The first-order chi connectivity index (χ1) is 14.4. The summed E-state index contributed by atoms with van der Waals surface area (Å²) in [7, 11) is 0.785. The number of nitrogens with two attached hydrogens (primary N) is 2. The second kappa shape index (κ2) is 7.13. The SMILES string of the molecule is Cc1cc(-c2cc(-c3cnc(N)nc3)nc3sc(S(=O)C4CCC4)c(N)c23)n(C)n1. The van der Waals surface area contributed by atoms with Crippen molar-refractivity contribution in [2.24, 2.45) is 7.05 Å². The molecule has 0 aliphatic heterocycles. The third-order valence-electron chi connectivity index (χ3n) is 5.45. The summed E-state index contributed by atoms with van der Waals surface area (Å²) in [6.45, 7) is 1.95. The van der Waals surface area contributed by atoms with E-state index in [1.54, 1.807) is 12.4 Å². The van der Waals surface area contributed by atoms with Gasteiger partial charge in [-0.3, -0.25) is 8.89 Å². The van der Waals surface area contributed by atoms with Crippen molar-refractivity contribution in [2.45, 2.75) is 35.6 Å². The zero-order valence-electron chi connectivity index (χ0n) is 16.6. The first-order valence-electron chi connectivity index (χ1n) is 9.65.